The first kappa shape index (κ1) is 15.5. The summed E-state index contributed by atoms with van der Waals surface area (Å²) in [4.78, 5) is 13.0. The Kier molecular flexibility index (Phi) is 4.21. The molecule has 1 aromatic carbocycles. The van der Waals surface area contributed by atoms with E-state index in [0.29, 0.717) is 0 Å². The molecule has 0 spiro atoms. The number of nitrogens with one attached hydrogen (secondary N) is 1. The van der Waals surface area contributed by atoms with Crippen molar-refractivity contribution >= 4 is 28.8 Å². The molecule has 6 heteroatoms. The van der Waals surface area contributed by atoms with Gasteiger partial charge in [0.05, 0.1) is 17.1 Å². The molecular weight excluding hydrogens is 325 g/mol. The highest BCUT2D eigenvalue weighted by atomic mass is 35.5. The summed E-state index contributed by atoms with van der Waals surface area (Å²) in [5.74, 6) is -1.16. The number of thiophene rings is 1. The van der Waals surface area contributed by atoms with Crippen molar-refractivity contribution in [1.82, 2.24) is 5.32 Å². The molecule has 1 aromatic heterocycles. The molecule has 1 fully saturated rings. The number of rotatable bonds is 5. The lowest BCUT2D eigenvalue weighted by atomic mass is 9.95. The van der Waals surface area contributed by atoms with Gasteiger partial charge in [-0.2, -0.15) is 0 Å². The molecule has 0 saturated heterocycles. The topological polar surface area (TPSA) is 49.3 Å². The fourth-order valence-corrected chi connectivity index (χ4v) is 3.69. The molecule has 0 bridgehead atoms. The molecule has 1 aliphatic carbocycles. The van der Waals surface area contributed by atoms with Crippen molar-refractivity contribution in [3.8, 4) is 0 Å². The molecule has 2 N–H and O–H groups in total. The van der Waals surface area contributed by atoms with E-state index in [1.54, 1.807) is 0 Å². The minimum atomic E-state index is -1.10. The third-order valence-electron chi connectivity index (χ3n) is 3.91. The number of halogens is 2. The third kappa shape index (κ3) is 2.89. The summed E-state index contributed by atoms with van der Waals surface area (Å²) in [6, 6.07) is 7.81. The maximum atomic E-state index is 13.8. The number of carbonyl (C=O) groups is 1. The Hall–Kier alpha value is -1.43. The van der Waals surface area contributed by atoms with Crippen LogP contribution < -0.4 is 5.32 Å². The molecule has 3 nitrogen and oxygen atoms in total. The maximum absolute atomic E-state index is 13.8. The molecule has 116 valence electrons. The standard InChI is InChI=1S/C16H15ClFNO2S/c17-11-3-1-4-12(18)14(11)15(20)19-9-16(21,10-6-7-10)13-5-2-8-22-13/h1-5,8,10,21H,6-7,9H2,(H,19,20)/t16-/m0/s1. The average Bonchev–Trinajstić information content (AvgIpc) is 3.20. The van der Waals surface area contributed by atoms with E-state index in [9.17, 15) is 14.3 Å². The van der Waals surface area contributed by atoms with Gasteiger partial charge in [-0.25, -0.2) is 4.39 Å². The van der Waals surface area contributed by atoms with Gasteiger partial charge in [-0.05, 0) is 42.3 Å². The van der Waals surface area contributed by atoms with Gasteiger partial charge in [0.1, 0.15) is 11.4 Å². The van der Waals surface area contributed by atoms with Crippen LogP contribution in [0, 0.1) is 11.7 Å². The van der Waals surface area contributed by atoms with Gasteiger partial charge in [-0.3, -0.25) is 4.79 Å². The third-order valence-corrected chi connectivity index (χ3v) is 5.26. The van der Waals surface area contributed by atoms with Crippen molar-refractivity contribution in [2.45, 2.75) is 18.4 Å². The van der Waals surface area contributed by atoms with Gasteiger partial charge >= 0.3 is 0 Å². The van der Waals surface area contributed by atoms with Crippen LogP contribution in [0.25, 0.3) is 0 Å². The predicted octanol–water partition coefficient (Wildman–Crippen LogP) is 3.57. The fraction of sp³-hybridized carbons (Fsp3) is 0.312. The van der Waals surface area contributed by atoms with E-state index >= 15 is 0 Å². The van der Waals surface area contributed by atoms with Crippen LogP contribution >= 0.6 is 22.9 Å². The lowest BCUT2D eigenvalue weighted by Gasteiger charge is -2.27. The molecule has 0 unspecified atom stereocenters. The molecule has 3 rings (SSSR count). The highest BCUT2D eigenvalue weighted by molar-refractivity contribution is 7.10. The van der Waals surface area contributed by atoms with Crippen LogP contribution in [0.15, 0.2) is 35.7 Å². The fourth-order valence-electron chi connectivity index (χ4n) is 2.54. The summed E-state index contributed by atoms with van der Waals surface area (Å²) >= 11 is 7.34. The van der Waals surface area contributed by atoms with Gasteiger partial charge in [-0.1, -0.05) is 23.7 Å². The highest BCUT2D eigenvalue weighted by Crippen LogP contribution is 2.46. The van der Waals surface area contributed by atoms with Crippen molar-refractivity contribution in [3.05, 3.63) is 57.0 Å². The second-order valence-electron chi connectivity index (χ2n) is 5.46. The summed E-state index contributed by atoms with van der Waals surface area (Å²) in [5.41, 5.74) is -1.28. The summed E-state index contributed by atoms with van der Waals surface area (Å²) in [6.45, 7) is 0.0433. The van der Waals surface area contributed by atoms with E-state index in [2.05, 4.69) is 5.32 Å². The number of hydrogen-bond donors (Lipinski definition) is 2. The van der Waals surface area contributed by atoms with Gasteiger partial charge in [0.25, 0.3) is 5.91 Å². The van der Waals surface area contributed by atoms with Gasteiger partial charge in [0, 0.05) is 4.88 Å². The Bertz CT molecular complexity index is 667. The first-order valence-corrected chi connectivity index (χ1v) is 8.26. The van der Waals surface area contributed by atoms with Crippen LogP contribution in [0.5, 0.6) is 0 Å². The van der Waals surface area contributed by atoms with Crippen molar-refractivity contribution in [1.29, 1.82) is 0 Å². The number of aliphatic hydroxyl groups is 1. The smallest absolute Gasteiger partial charge is 0.255 e. The van der Waals surface area contributed by atoms with Crippen LogP contribution in [0.1, 0.15) is 28.1 Å². The minimum absolute atomic E-state index is 0.0433. The summed E-state index contributed by atoms with van der Waals surface area (Å²) in [6.07, 6.45) is 1.84. The minimum Gasteiger partial charge on any atom is -0.382 e. The SMILES string of the molecule is O=C(NC[C@@](O)(c1cccs1)C1CC1)c1c(F)cccc1Cl. The zero-order chi connectivity index (χ0) is 15.7. The number of carbonyl (C=O) groups excluding carboxylic acids is 1. The summed E-state index contributed by atoms with van der Waals surface area (Å²) in [5, 5.41) is 15.5. The van der Waals surface area contributed by atoms with E-state index in [1.165, 1.54) is 29.5 Å². The van der Waals surface area contributed by atoms with Gasteiger partial charge in [0.2, 0.25) is 0 Å². The zero-order valence-electron chi connectivity index (χ0n) is 11.7. The molecule has 1 saturated carbocycles. The highest BCUT2D eigenvalue weighted by Gasteiger charge is 2.46. The molecule has 1 amide bonds. The maximum Gasteiger partial charge on any atom is 0.255 e. The lowest BCUT2D eigenvalue weighted by Crippen LogP contribution is -2.42. The number of hydrogen-bond acceptors (Lipinski definition) is 3. The Morgan fingerprint density at radius 2 is 2.18 bits per heavy atom. The van der Waals surface area contributed by atoms with Gasteiger partial charge in [-0.15, -0.1) is 11.3 Å². The van der Waals surface area contributed by atoms with Crippen LogP contribution in [0.3, 0.4) is 0 Å². The largest absolute Gasteiger partial charge is 0.382 e. The molecule has 1 atom stereocenters. The van der Waals surface area contributed by atoms with E-state index in [0.717, 1.165) is 17.7 Å². The molecule has 0 aliphatic heterocycles. The van der Waals surface area contributed by atoms with Gasteiger partial charge in [0.15, 0.2) is 0 Å². The molecule has 2 aromatic rings. The van der Waals surface area contributed by atoms with Crippen molar-refractivity contribution in [2.75, 3.05) is 6.54 Å². The second-order valence-corrected chi connectivity index (χ2v) is 6.81. The molecule has 1 heterocycles. The Morgan fingerprint density at radius 3 is 2.77 bits per heavy atom. The van der Waals surface area contributed by atoms with Crippen LogP contribution in [0.2, 0.25) is 5.02 Å². The Balaban J connectivity index is 1.77. The average molecular weight is 340 g/mol. The van der Waals surface area contributed by atoms with Crippen LogP contribution in [-0.4, -0.2) is 17.6 Å². The Morgan fingerprint density at radius 1 is 1.41 bits per heavy atom. The second kappa shape index (κ2) is 5.99. The van der Waals surface area contributed by atoms with E-state index < -0.39 is 17.3 Å². The molecule has 1 aliphatic rings. The lowest BCUT2D eigenvalue weighted by molar-refractivity contribution is 0.0169. The van der Waals surface area contributed by atoms with Crippen LogP contribution in [-0.2, 0) is 5.60 Å². The normalized spacial score (nSPS) is 17.0. The number of amides is 1. The van der Waals surface area contributed by atoms with Gasteiger partial charge < -0.3 is 10.4 Å². The molecule has 0 radical (unpaired) electrons. The van der Waals surface area contributed by atoms with E-state index in [1.807, 2.05) is 17.5 Å². The van der Waals surface area contributed by atoms with Crippen molar-refractivity contribution in [3.63, 3.8) is 0 Å². The van der Waals surface area contributed by atoms with E-state index in [4.69, 9.17) is 11.6 Å². The first-order chi connectivity index (χ1) is 10.5. The monoisotopic (exact) mass is 339 g/mol. The Labute approximate surface area is 136 Å². The first-order valence-electron chi connectivity index (χ1n) is 7.01. The summed E-state index contributed by atoms with van der Waals surface area (Å²) < 4.78 is 13.8. The van der Waals surface area contributed by atoms with Crippen molar-refractivity contribution < 1.29 is 14.3 Å². The summed E-state index contributed by atoms with van der Waals surface area (Å²) in [7, 11) is 0. The van der Waals surface area contributed by atoms with Crippen LogP contribution in [0.4, 0.5) is 4.39 Å². The molecular formula is C16H15ClFNO2S. The molecule has 22 heavy (non-hydrogen) atoms. The zero-order valence-corrected chi connectivity index (χ0v) is 13.3. The van der Waals surface area contributed by atoms with Crippen molar-refractivity contribution in [2.24, 2.45) is 5.92 Å². The van der Waals surface area contributed by atoms with E-state index in [-0.39, 0.29) is 23.0 Å². The quantitative estimate of drug-likeness (QED) is 0.875. The number of benzene rings is 1. The predicted molar refractivity (Wildman–Crippen MR) is 84.7 cm³/mol.